The molecule has 0 aromatic heterocycles. The summed E-state index contributed by atoms with van der Waals surface area (Å²) in [7, 11) is -0.604. The lowest BCUT2D eigenvalue weighted by atomic mass is 10.1. The van der Waals surface area contributed by atoms with Crippen molar-refractivity contribution in [2.45, 2.75) is 58.3 Å². The first-order valence-electron chi connectivity index (χ1n) is 7.07. The molecule has 0 aromatic carbocycles. The van der Waals surface area contributed by atoms with Crippen molar-refractivity contribution in [3.8, 4) is 0 Å². The average molecular weight is 346 g/mol. The van der Waals surface area contributed by atoms with Crippen LogP contribution < -0.4 is 0 Å². The third kappa shape index (κ3) is 17.4. The van der Waals surface area contributed by atoms with Gasteiger partial charge in [-0.15, -0.1) is 12.2 Å². The fourth-order valence-corrected chi connectivity index (χ4v) is 3.35. The van der Waals surface area contributed by atoms with E-state index in [1.807, 2.05) is 6.92 Å². The number of unbranched alkanes of at least 4 members (excludes halogenated alkanes) is 7. The van der Waals surface area contributed by atoms with Crippen LogP contribution in [0.3, 0.4) is 0 Å². The molecule has 0 fully saturated rings. The Kier molecular flexibility index (Phi) is 18.8. The molecule has 0 radical (unpaired) electrons. The van der Waals surface area contributed by atoms with Crippen molar-refractivity contribution >= 4 is 40.1 Å². The van der Waals surface area contributed by atoms with E-state index in [1.165, 1.54) is 44.9 Å². The molecule has 0 aliphatic heterocycles. The second-order valence-corrected chi connectivity index (χ2v) is 7.25. The highest BCUT2D eigenvalue weighted by molar-refractivity contribution is 8.41. The minimum atomic E-state index is -0.941. The zero-order valence-electron chi connectivity index (χ0n) is 11.8. The minimum absolute atomic E-state index is 0.337. The summed E-state index contributed by atoms with van der Waals surface area (Å²) in [5, 5.41) is 0. The number of thiol groups is 2. The molecule has 0 aromatic rings. The van der Waals surface area contributed by atoms with Gasteiger partial charge in [-0.1, -0.05) is 50.8 Å². The van der Waals surface area contributed by atoms with E-state index in [0.717, 1.165) is 19.6 Å². The molecule has 2 unspecified atom stereocenters. The fraction of sp³-hybridized carbons (Fsp3) is 1.00. The standard InChI is InChI=1S/C12H28O3P2S2/c1-2-14-17(19)15-12-10-8-6-4-3-5-7-9-11-13-16-18/h16,18-19H,2-12H2,1H3. The van der Waals surface area contributed by atoms with Crippen LogP contribution in [0.15, 0.2) is 0 Å². The highest BCUT2D eigenvalue weighted by Gasteiger charge is 2.01. The van der Waals surface area contributed by atoms with Crippen molar-refractivity contribution in [2.24, 2.45) is 0 Å². The van der Waals surface area contributed by atoms with Gasteiger partial charge in [-0.2, -0.15) is 0 Å². The molecule has 3 nitrogen and oxygen atoms in total. The molecule has 0 heterocycles. The average Bonchev–Trinajstić information content (AvgIpc) is 2.40. The molecular formula is C12H28O3P2S2. The summed E-state index contributed by atoms with van der Waals surface area (Å²) in [4.78, 5) is 0. The molecule has 0 spiro atoms. The van der Waals surface area contributed by atoms with Crippen molar-refractivity contribution in [1.82, 2.24) is 0 Å². The zero-order chi connectivity index (χ0) is 14.2. The van der Waals surface area contributed by atoms with Gasteiger partial charge in [0.2, 0.25) is 7.58 Å². The van der Waals surface area contributed by atoms with Crippen LogP contribution in [0.1, 0.15) is 58.3 Å². The third-order valence-electron chi connectivity index (χ3n) is 2.65. The van der Waals surface area contributed by atoms with Crippen molar-refractivity contribution in [3.63, 3.8) is 0 Å². The van der Waals surface area contributed by atoms with E-state index < -0.39 is 7.58 Å². The molecule has 0 amide bonds. The fourth-order valence-electron chi connectivity index (χ4n) is 1.67. The molecule has 0 aliphatic carbocycles. The van der Waals surface area contributed by atoms with E-state index in [4.69, 9.17) is 13.6 Å². The molecule has 0 N–H and O–H groups in total. The van der Waals surface area contributed by atoms with Gasteiger partial charge in [0.15, 0.2) is 0 Å². The SMILES string of the molecule is CCOP(S)OCCCCCCCCCCOPS. The summed E-state index contributed by atoms with van der Waals surface area (Å²) in [5.41, 5.74) is 0. The van der Waals surface area contributed by atoms with Gasteiger partial charge < -0.3 is 13.6 Å². The summed E-state index contributed by atoms with van der Waals surface area (Å²) in [6.45, 7) is 4.28. The predicted molar refractivity (Wildman–Crippen MR) is 93.7 cm³/mol. The summed E-state index contributed by atoms with van der Waals surface area (Å²) >= 11 is 8.25. The monoisotopic (exact) mass is 346 g/mol. The number of hydrogen-bond acceptors (Lipinski definition) is 5. The molecule has 7 heteroatoms. The predicted octanol–water partition coefficient (Wildman–Crippen LogP) is 5.77. The van der Waals surface area contributed by atoms with Crippen LogP contribution in [0, 0.1) is 0 Å². The summed E-state index contributed by atoms with van der Waals surface area (Å²) in [6.07, 6.45) is 10.1. The van der Waals surface area contributed by atoms with E-state index in [2.05, 4.69) is 24.5 Å². The quantitative estimate of drug-likeness (QED) is 0.224. The molecule has 0 rings (SSSR count). The van der Waals surface area contributed by atoms with Gasteiger partial charge >= 0.3 is 0 Å². The van der Waals surface area contributed by atoms with Gasteiger partial charge in [0.1, 0.15) is 0 Å². The summed E-state index contributed by atoms with van der Waals surface area (Å²) in [6, 6.07) is 0. The zero-order valence-corrected chi connectivity index (χ0v) is 15.5. The molecule has 19 heavy (non-hydrogen) atoms. The van der Waals surface area contributed by atoms with Crippen LogP contribution in [0.5, 0.6) is 0 Å². The highest BCUT2D eigenvalue weighted by atomic mass is 32.7. The van der Waals surface area contributed by atoms with E-state index in [-0.39, 0.29) is 0 Å². The molecule has 0 bridgehead atoms. The maximum Gasteiger partial charge on any atom is 0.234 e. The first kappa shape index (κ1) is 20.4. The third-order valence-corrected chi connectivity index (χ3v) is 4.94. The molecule has 0 aliphatic rings. The lowest BCUT2D eigenvalue weighted by Gasteiger charge is -2.09. The Labute approximate surface area is 132 Å². The Morgan fingerprint density at radius 1 is 0.842 bits per heavy atom. The lowest BCUT2D eigenvalue weighted by molar-refractivity contribution is 0.265. The van der Waals surface area contributed by atoms with E-state index in [1.54, 1.807) is 0 Å². The van der Waals surface area contributed by atoms with Gasteiger partial charge in [0.25, 0.3) is 0 Å². The van der Waals surface area contributed by atoms with Crippen molar-refractivity contribution in [3.05, 3.63) is 0 Å². The Hall–Kier alpha value is 1.44. The second-order valence-electron chi connectivity index (χ2n) is 4.26. The Morgan fingerprint density at radius 3 is 1.89 bits per heavy atom. The second kappa shape index (κ2) is 17.5. The van der Waals surface area contributed by atoms with Gasteiger partial charge in [-0.3, -0.25) is 0 Å². The lowest BCUT2D eigenvalue weighted by Crippen LogP contribution is -1.91. The van der Waals surface area contributed by atoms with E-state index in [0.29, 0.717) is 14.6 Å². The van der Waals surface area contributed by atoms with Crippen molar-refractivity contribution < 1.29 is 13.6 Å². The van der Waals surface area contributed by atoms with Crippen LogP contribution in [-0.2, 0) is 13.6 Å². The van der Waals surface area contributed by atoms with E-state index >= 15 is 0 Å². The smallest absolute Gasteiger partial charge is 0.234 e. The summed E-state index contributed by atoms with van der Waals surface area (Å²) in [5.74, 6) is 0. The van der Waals surface area contributed by atoms with Crippen LogP contribution in [0.25, 0.3) is 0 Å². The summed E-state index contributed by atoms with van der Waals surface area (Å²) < 4.78 is 15.9. The van der Waals surface area contributed by atoms with Crippen molar-refractivity contribution in [1.29, 1.82) is 0 Å². The van der Waals surface area contributed by atoms with Crippen LogP contribution in [0.4, 0.5) is 0 Å². The molecular weight excluding hydrogens is 318 g/mol. The molecule has 2 atom stereocenters. The molecule has 116 valence electrons. The maximum atomic E-state index is 5.45. The molecule has 0 saturated carbocycles. The number of rotatable bonds is 15. The van der Waals surface area contributed by atoms with Crippen LogP contribution in [-0.4, -0.2) is 19.8 Å². The van der Waals surface area contributed by atoms with Gasteiger partial charge in [-0.05, 0) is 19.8 Å². The normalized spacial score (nSPS) is 13.4. The highest BCUT2D eigenvalue weighted by Crippen LogP contribution is 2.42. The first-order chi connectivity index (χ1) is 9.31. The van der Waals surface area contributed by atoms with Gasteiger partial charge in [-0.25, -0.2) is 0 Å². The van der Waals surface area contributed by atoms with Crippen molar-refractivity contribution in [2.75, 3.05) is 19.8 Å². The van der Waals surface area contributed by atoms with E-state index in [9.17, 15) is 0 Å². The van der Waals surface area contributed by atoms with Crippen LogP contribution >= 0.6 is 40.1 Å². The van der Waals surface area contributed by atoms with Gasteiger partial charge in [0, 0.05) is 0 Å². The molecule has 0 saturated heterocycles. The van der Waals surface area contributed by atoms with Crippen LogP contribution in [0.2, 0.25) is 0 Å². The Balaban J connectivity index is 2.99. The van der Waals surface area contributed by atoms with Gasteiger partial charge in [0.05, 0.1) is 27.8 Å². The Morgan fingerprint density at radius 2 is 1.37 bits per heavy atom. The first-order valence-corrected chi connectivity index (χ1v) is 11.6. The maximum absolute atomic E-state index is 5.45. The minimum Gasteiger partial charge on any atom is -0.352 e. The number of hydrogen-bond donors (Lipinski definition) is 2. The largest absolute Gasteiger partial charge is 0.352 e. The Bertz CT molecular complexity index is 179. The topological polar surface area (TPSA) is 27.7 Å².